The molecule has 1 fully saturated rings. The molecule has 25 heavy (non-hydrogen) atoms. The van der Waals surface area contributed by atoms with Crippen molar-refractivity contribution in [2.24, 2.45) is 0 Å². The van der Waals surface area contributed by atoms with E-state index in [9.17, 15) is 23.2 Å². The zero-order chi connectivity index (χ0) is 18.6. The first-order valence-electron chi connectivity index (χ1n) is 7.59. The van der Waals surface area contributed by atoms with Crippen LogP contribution in [0.5, 0.6) is 0 Å². The summed E-state index contributed by atoms with van der Waals surface area (Å²) in [5, 5.41) is 8.88. The molecule has 2 amide bonds. The van der Waals surface area contributed by atoms with E-state index in [1.54, 1.807) is 0 Å². The first-order valence-corrected chi connectivity index (χ1v) is 8.74. The number of hydrogen-bond donors (Lipinski definition) is 1. The molecule has 0 aliphatic carbocycles. The average Bonchev–Trinajstić information content (AvgIpc) is 3.03. The summed E-state index contributed by atoms with van der Waals surface area (Å²) in [5.74, 6) is -2.94. The standard InChI is InChI=1S/C16H18F2N2O4S/c1-10(21)20-9-25-8-14(20)16(24)19(5-4-15(22)23)7-11-2-3-12(17)13(18)6-11/h2-3,6,14H,4-5,7-9H2,1H3,(H,22,23)/t14-/m1/s1. The molecule has 0 unspecified atom stereocenters. The molecule has 0 aromatic heterocycles. The first-order chi connectivity index (χ1) is 11.8. The molecule has 9 heteroatoms. The lowest BCUT2D eigenvalue weighted by Gasteiger charge is -2.29. The number of halogens is 2. The lowest BCUT2D eigenvalue weighted by Crippen LogP contribution is -2.48. The van der Waals surface area contributed by atoms with Crippen LogP contribution in [0.25, 0.3) is 0 Å². The number of carbonyl (C=O) groups is 3. The molecule has 0 bridgehead atoms. The highest BCUT2D eigenvalue weighted by molar-refractivity contribution is 7.99. The molecule has 0 spiro atoms. The van der Waals surface area contributed by atoms with Crippen molar-refractivity contribution in [1.29, 1.82) is 0 Å². The predicted molar refractivity (Wildman–Crippen MR) is 87.7 cm³/mol. The van der Waals surface area contributed by atoms with Crippen LogP contribution in [-0.4, -0.2) is 56.9 Å². The Balaban J connectivity index is 2.19. The second-order valence-corrected chi connectivity index (χ2v) is 6.66. The van der Waals surface area contributed by atoms with Gasteiger partial charge in [-0.05, 0) is 17.7 Å². The number of nitrogens with zero attached hydrogens (tertiary/aromatic N) is 2. The Morgan fingerprint density at radius 2 is 2.04 bits per heavy atom. The fraction of sp³-hybridized carbons (Fsp3) is 0.438. The Hall–Kier alpha value is -2.16. The van der Waals surface area contributed by atoms with Gasteiger partial charge in [0.2, 0.25) is 11.8 Å². The van der Waals surface area contributed by atoms with E-state index in [0.29, 0.717) is 17.2 Å². The molecular formula is C16H18F2N2O4S. The second kappa shape index (κ2) is 8.28. The summed E-state index contributed by atoms with van der Waals surface area (Å²) < 4.78 is 26.4. The highest BCUT2D eigenvalue weighted by Crippen LogP contribution is 2.23. The number of carbonyl (C=O) groups excluding carboxylic acids is 2. The molecule has 1 atom stereocenters. The highest BCUT2D eigenvalue weighted by Gasteiger charge is 2.35. The number of rotatable bonds is 6. The number of aliphatic carboxylic acids is 1. The van der Waals surface area contributed by atoms with Gasteiger partial charge >= 0.3 is 5.97 Å². The molecule has 0 saturated carbocycles. The summed E-state index contributed by atoms with van der Waals surface area (Å²) in [6.45, 7) is 1.22. The first kappa shape index (κ1) is 19.2. The van der Waals surface area contributed by atoms with Crippen molar-refractivity contribution >= 4 is 29.5 Å². The van der Waals surface area contributed by atoms with Crippen LogP contribution in [0.15, 0.2) is 18.2 Å². The number of benzene rings is 1. The minimum atomic E-state index is -1.08. The Labute approximate surface area is 147 Å². The Morgan fingerprint density at radius 3 is 2.64 bits per heavy atom. The van der Waals surface area contributed by atoms with Crippen LogP contribution < -0.4 is 0 Å². The van der Waals surface area contributed by atoms with E-state index in [1.807, 2.05) is 0 Å². The van der Waals surface area contributed by atoms with Gasteiger partial charge in [-0.3, -0.25) is 14.4 Å². The molecule has 1 aromatic carbocycles. The minimum absolute atomic E-state index is 0.0593. The minimum Gasteiger partial charge on any atom is -0.481 e. The van der Waals surface area contributed by atoms with Gasteiger partial charge in [0.25, 0.3) is 0 Å². The van der Waals surface area contributed by atoms with Gasteiger partial charge in [-0.15, -0.1) is 11.8 Å². The fourth-order valence-corrected chi connectivity index (χ4v) is 3.73. The van der Waals surface area contributed by atoms with E-state index in [1.165, 1.54) is 34.6 Å². The molecule has 1 aliphatic heterocycles. The predicted octanol–water partition coefficient (Wildman–Crippen LogP) is 1.69. The van der Waals surface area contributed by atoms with E-state index in [4.69, 9.17) is 5.11 Å². The van der Waals surface area contributed by atoms with Crippen LogP contribution in [0.2, 0.25) is 0 Å². The lowest BCUT2D eigenvalue weighted by molar-refractivity contribution is -0.144. The Bertz CT molecular complexity index is 686. The zero-order valence-corrected chi connectivity index (χ0v) is 14.4. The number of carboxylic acids is 1. The normalized spacial score (nSPS) is 16.8. The van der Waals surface area contributed by atoms with Gasteiger partial charge in [-0.1, -0.05) is 6.07 Å². The van der Waals surface area contributed by atoms with Crippen LogP contribution in [0.3, 0.4) is 0 Å². The largest absolute Gasteiger partial charge is 0.481 e. The van der Waals surface area contributed by atoms with Crippen molar-refractivity contribution in [3.05, 3.63) is 35.4 Å². The number of thioether (sulfide) groups is 1. The maximum atomic E-state index is 13.4. The zero-order valence-electron chi connectivity index (χ0n) is 13.6. The summed E-state index contributed by atoms with van der Waals surface area (Å²) in [6.07, 6.45) is -0.282. The summed E-state index contributed by atoms with van der Waals surface area (Å²) in [7, 11) is 0. The SMILES string of the molecule is CC(=O)N1CSC[C@@H]1C(=O)N(CCC(=O)O)Cc1ccc(F)c(F)c1. The van der Waals surface area contributed by atoms with Crippen LogP contribution in [0, 0.1) is 11.6 Å². The smallest absolute Gasteiger partial charge is 0.305 e. The van der Waals surface area contributed by atoms with Crippen molar-refractivity contribution in [1.82, 2.24) is 9.80 Å². The van der Waals surface area contributed by atoms with E-state index in [2.05, 4.69) is 0 Å². The van der Waals surface area contributed by atoms with Gasteiger partial charge in [-0.2, -0.15) is 0 Å². The van der Waals surface area contributed by atoms with Crippen molar-refractivity contribution in [3.63, 3.8) is 0 Å². The number of carboxylic acid groups (broad SMARTS) is 1. The summed E-state index contributed by atoms with van der Waals surface area (Å²) >= 11 is 1.43. The molecule has 1 aromatic rings. The number of amides is 2. The average molecular weight is 372 g/mol. The van der Waals surface area contributed by atoms with Crippen LogP contribution in [0.4, 0.5) is 8.78 Å². The Kier molecular flexibility index (Phi) is 6.35. The highest BCUT2D eigenvalue weighted by atomic mass is 32.2. The van der Waals surface area contributed by atoms with E-state index < -0.39 is 29.6 Å². The van der Waals surface area contributed by atoms with Gasteiger partial charge in [0, 0.05) is 25.8 Å². The Morgan fingerprint density at radius 1 is 1.32 bits per heavy atom. The molecule has 1 N–H and O–H groups in total. The third-order valence-electron chi connectivity index (χ3n) is 3.84. The number of hydrogen-bond acceptors (Lipinski definition) is 4. The fourth-order valence-electron chi connectivity index (χ4n) is 2.52. The quantitative estimate of drug-likeness (QED) is 0.822. The van der Waals surface area contributed by atoms with E-state index in [0.717, 1.165) is 12.1 Å². The van der Waals surface area contributed by atoms with Crippen LogP contribution in [-0.2, 0) is 20.9 Å². The van der Waals surface area contributed by atoms with Crippen molar-refractivity contribution in [3.8, 4) is 0 Å². The van der Waals surface area contributed by atoms with Gasteiger partial charge in [0.1, 0.15) is 6.04 Å². The molecule has 1 heterocycles. The molecular weight excluding hydrogens is 354 g/mol. The maximum Gasteiger partial charge on any atom is 0.305 e. The van der Waals surface area contributed by atoms with Crippen molar-refractivity contribution in [2.45, 2.75) is 25.9 Å². The monoisotopic (exact) mass is 372 g/mol. The van der Waals surface area contributed by atoms with Gasteiger partial charge in [-0.25, -0.2) is 8.78 Å². The molecule has 6 nitrogen and oxygen atoms in total. The third-order valence-corrected chi connectivity index (χ3v) is 4.85. The van der Waals surface area contributed by atoms with Gasteiger partial charge in [0.15, 0.2) is 11.6 Å². The third kappa shape index (κ3) is 4.91. The molecule has 1 aliphatic rings. The van der Waals surface area contributed by atoms with E-state index >= 15 is 0 Å². The van der Waals surface area contributed by atoms with Crippen LogP contribution in [0.1, 0.15) is 18.9 Å². The van der Waals surface area contributed by atoms with Crippen molar-refractivity contribution in [2.75, 3.05) is 18.2 Å². The van der Waals surface area contributed by atoms with Crippen LogP contribution >= 0.6 is 11.8 Å². The summed E-state index contributed by atoms with van der Waals surface area (Å²) in [6, 6.07) is 2.59. The molecule has 1 saturated heterocycles. The summed E-state index contributed by atoms with van der Waals surface area (Å²) in [5.41, 5.74) is 0.345. The maximum absolute atomic E-state index is 13.4. The molecule has 136 valence electrons. The topological polar surface area (TPSA) is 77.9 Å². The van der Waals surface area contributed by atoms with Crippen molar-refractivity contribution < 1.29 is 28.3 Å². The van der Waals surface area contributed by atoms with Gasteiger partial charge in [0.05, 0.1) is 12.3 Å². The summed E-state index contributed by atoms with van der Waals surface area (Å²) in [4.78, 5) is 38.0. The lowest BCUT2D eigenvalue weighted by atomic mass is 10.1. The molecule has 2 rings (SSSR count). The van der Waals surface area contributed by atoms with E-state index in [-0.39, 0.29) is 25.4 Å². The molecule has 0 radical (unpaired) electrons. The van der Waals surface area contributed by atoms with Gasteiger partial charge < -0.3 is 14.9 Å². The second-order valence-electron chi connectivity index (χ2n) is 5.66.